The first-order valence-electron chi connectivity index (χ1n) is 11.9. The van der Waals surface area contributed by atoms with Gasteiger partial charge in [0.05, 0.1) is 10.6 Å². The Bertz CT molecular complexity index is 1420. The summed E-state index contributed by atoms with van der Waals surface area (Å²) in [4.78, 5) is 27.1. The molecule has 1 N–H and O–H groups in total. The Hall–Kier alpha value is -3.65. The van der Waals surface area contributed by atoms with Crippen LogP contribution in [-0.2, 0) is 19.6 Å². The second-order valence-corrected chi connectivity index (χ2v) is 11.2. The number of carbonyl (C=O) groups excluding carboxylic acids is 2. The Morgan fingerprint density at radius 3 is 2.22 bits per heavy atom. The Kier molecular flexibility index (Phi) is 7.17. The van der Waals surface area contributed by atoms with Crippen LogP contribution in [0.4, 0.5) is 17.1 Å². The highest BCUT2D eigenvalue weighted by Crippen LogP contribution is 2.29. The van der Waals surface area contributed by atoms with E-state index in [-0.39, 0.29) is 17.3 Å². The summed E-state index contributed by atoms with van der Waals surface area (Å²) < 4.78 is 28.5. The molecule has 1 aliphatic rings. The van der Waals surface area contributed by atoms with E-state index in [1.165, 1.54) is 0 Å². The topological polar surface area (TPSA) is 86.8 Å². The van der Waals surface area contributed by atoms with Gasteiger partial charge in [0.2, 0.25) is 11.8 Å². The summed E-state index contributed by atoms with van der Waals surface area (Å²) in [7, 11) is -4.00. The van der Waals surface area contributed by atoms with Crippen molar-refractivity contribution in [2.24, 2.45) is 0 Å². The second kappa shape index (κ2) is 10.1. The maximum absolute atomic E-state index is 13.7. The van der Waals surface area contributed by atoms with Crippen LogP contribution in [-0.4, -0.2) is 33.3 Å². The number of benzene rings is 3. The first-order valence-corrected chi connectivity index (χ1v) is 13.4. The van der Waals surface area contributed by atoms with Gasteiger partial charge in [-0.05, 0) is 81.6 Å². The van der Waals surface area contributed by atoms with E-state index in [9.17, 15) is 18.0 Å². The molecule has 8 heteroatoms. The van der Waals surface area contributed by atoms with Crippen LogP contribution in [0, 0.1) is 27.7 Å². The molecule has 1 aliphatic heterocycles. The largest absolute Gasteiger partial charge is 0.325 e. The predicted octanol–water partition coefficient (Wildman–Crippen LogP) is 4.88. The molecule has 0 aromatic heterocycles. The summed E-state index contributed by atoms with van der Waals surface area (Å²) in [6.07, 6.45) is 1.38. The van der Waals surface area contributed by atoms with Gasteiger partial charge in [-0.15, -0.1) is 0 Å². The van der Waals surface area contributed by atoms with Crippen LogP contribution in [0.5, 0.6) is 0 Å². The minimum atomic E-state index is -4.00. The molecule has 0 unspecified atom stereocenters. The summed E-state index contributed by atoms with van der Waals surface area (Å²) in [5.74, 6) is -0.365. The van der Waals surface area contributed by atoms with E-state index in [1.807, 2.05) is 45.9 Å². The number of nitrogens with one attached hydrogen (secondary N) is 1. The normalized spacial score (nSPS) is 13.7. The summed E-state index contributed by atoms with van der Waals surface area (Å²) in [6, 6.07) is 17.4. The van der Waals surface area contributed by atoms with Gasteiger partial charge in [-0.1, -0.05) is 35.4 Å². The molecule has 3 aromatic carbocycles. The van der Waals surface area contributed by atoms with Crippen LogP contribution >= 0.6 is 0 Å². The van der Waals surface area contributed by atoms with Gasteiger partial charge in [0.15, 0.2) is 0 Å². The molecule has 0 saturated carbocycles. The van der Waals surface area contributed by atoms with Gasteiger partial charge in [0.1, 0.15) is 6.54 Å². The van der Waals surface area contributed by atoms with Crippen LogP contribution in [0.2, 0.25) is 0 Å². The van der Waals surface area contributed by atoms with Gasteiger partial charge in [0.25, 0.3) is 10.0 Å². The number of carbonyl (C=O) groups is 2. The van der Waals surface area contributed by atoms with Crippen molar-refractivity contribution in [3.05, 3.63) is 82.9 Å². The monoisotopic (exact) mass is 505 g/mol. The van der Waals surface area contributed by atoms with E-state index in [4.69, 9.17) is 0 Å². The molecule has 1 fully saturated rings. The van der Waals surface area contributed by atoms with Gasteiger partial charge < -0.3 is 10.2 Å². The van der Waals surface area contributed by atoms with Crippen molar-refractivity contribution in [3.8, 4) is 0 Å². The first-order chi connectivity index (χ1) is 17.1. The number of anilines is 3. The van der Waals surface area contributed by atoms with Crippen molar-refractivity contribution in [2.45, 2.75) is 45.4 Å². The van der Waals surface area contributed by atoms with Crippen molar-refractivity contribution in [3.63, 3.8) is 0 Å². The first kappa shape index (κ1) is 25.4. The number of sulfonamides is 1. The number of rotatable bonds is 7. The molecular weight excluding hydrogens is 474 g/mol. The molecule has 2 amide bonds. The van der Waals surface area contributed by atoms with E-state index in [0.717, 1.165) is 38.7 Å². The van der Waals surface area contributed by atoms with Crippen molar-refractivity contribution < 1.29 is 18.0 Å². The molecule has 4 rings (SSSR count). The standard InChI is InChI=1S/C28H31N3O4S/c1-19-7-11-24(12-8-19)36(34,35)31(26-13-9-20(2)16-21(26)3)18-27(32)29-23-10-14-25(22(4)17-23)30-15-5-6-28(30)33/h7-14,16-17H,5-6,15,18H2,1-4H3,(H,29,32). The lowest BCUT2D eigenvalue weighted by Gasteiger charge is -2.26. The predicted molar refractivity (Wildman–Crippen MR) is 143 cm³/mol. The van der Waals surface area contributed by atoms with Crippen LogP contribution in [0.25, 0.3) is 0 Å². The molecule has 0 radical (unpaired) electrons. The van der Waals surface area contributed by atoms with E-state index in [1.54, 1.807) is 47.4 Å². The molecule has 0 aliphatic carbocycles. The van der Waals surface area contributed by atoms with E-state index in [2.05, 4.69) is 5.32 Å². The fourth-order valence-electron chi connectivity index (χ4n) is 4.49. The molecular formula is C28H31N3O4S. The lowest BCUT2D eigenvalue weighted by molar-refractivity contribution is -0.117. The van der Waals surface area contributed by atoms with Crippen LogP contribution in [0.3, 0.4) is 0 Å². The zero-order valence-corrected chi connectivity index (χ0v) is 21.9. The van der Waals surface area contributed by atoms with Gasteiger partial charge in [0, 0.05) is 24.3 Å². The highest BCUT2D eigenvalue weighted by molar-refractivity contribution is 7.92. The van der Waals surface area contributed by atoms with Gasteiger partial charge >= 0.3 is 0 Å². The summed E-state index contributed by atoms with van der Waals surface area (Å²) in [6.45, 7) is 7.85. The Morgan fingerprint density at radius 1 is 0.917 bits per heavy atom. The average Bonchev–Trinajstić information content (AvgIpc) is 3.24. The van der Waals surface area contributed by atoms with E-state index in [0.29, 0.717) is 24.3 Å². The van der Waals surface area contributed by atoms with Gasteiger partial charge in [-0.25, -0.2) is 8.42 Å². The molecule has 1 saturated heterocycles. The van der Waals surface area contributed by atoms with Crippen molar-refractivity contribution in [2.75, 3.05) is 27.6 Å². The average molecular weight is 506 g/mol. The highest BCUT2D eigenvalue weighted by atomic mass is 32.2. The number of hydrogen-bond acceptors (Lipinski definition) is 4. The maximum Gasteiger partial charge on any atom is 0.264 e. The van der Waals surface area contributed by atoms with Gasteiger partial charge in [-0.3, -0.25) is 13.9 Å². The Labute approximate surface area is 212 Å². The second-order valence-electron chi connectivity index (χ2n) is 9.31. The van der Waals surface area contributed by atoms with Crippen LogP contribution in [0.15, 0.2) is 65.6 Å². The smallest absolute Gasteiger partial charge is 0.264 e. The molecule has 36 heavy (non-hydrogen) atoms. The minimum absolute atomic E-state index is 0.0975. The van der Waals surface area contributed by atoms with E-state index >= 15 is 0 Å². The van der Waals surface area contributed by atoms with Crippen molar-refractivity contribution in [1.29, 1.82) is 0 Å². The summed E-state index contributed by atoms with van der Waals surface area (Å²) in [5.41, 5.74) is 5.39. The molecule has 1 heterocycles. The molecule has 0 spiro atoms. The maximum atomic E-state index is 13.7. The van der Waals surface area contributed by atoms with Crippen molar-refractivity contribution >= 4 is 38.9 Å². The molecule has 3 aromatic rings. The number of hydrogen-bond donors (Lipinski definition) is 1. The lowest BCUT2D eigenvalue weighted by Crippen LogP contribution is -2.38. The molecule has 0 atom stereocenters. The number of nitrogens with zero attached hydrogens (tertiary/aromatic N) is 2. The Morgan fingerprint density at radius 2 is 1.61 bits per heavy atom. The lowest BCUT2D eigenvalue weighted by atomic mass is 10.1. The summed E-state index contributed by atoms with van der Waals surface area (Å²) >= 11 is 0. The zero-order valence-electron chi connectivity index (χ0n) is 21.0. The number of aryl methyl sites for hydroxylation is 4. The summed E-state index contributed by atoms with van der Waals surface area (Å²) in [5, 5.41) is 2.83. The Balaban J connectivity index is 1.61. The van der Waals surface area contributed by atoms with Crippen LogP contribution < -0.4 is 14.5 Å². The number of amides is 2. The molecule has 188 valence electrons. The zero-order chi connectivity index (χ0) is 26.0. The van der Waals surface area contributed by atoms with Crippen LogP contribution in [0.1, 0.15) is 35.1 Å². The fourth-order valence-corrected chi connectivity index (χ4v) is 5.98. The molecule has 0 bridgehead atoms. The highest BCUT2D eigenvalue weighted by Gasteiger charge is 2.29. The van der Waals surface area contributed by atoms with E-state index < -0.39 is 15.9 Å². The fraction of sp³-hybridized carbons (Fsp3) is 0.286. The van der Waals surface area contributed by atoms with Gasteiger partial charge in [-0.2, -0.15) is 0 Å². The molecule has 7 nitrogen and oxygen atoms in total. The third-order valence-corrected chi connectivity index (χ3v) is 8.14. The van der Waals surface area contributed by atoms with Crippen molar-refractivity contribution in [1.82, 2.24) is 0 Å². The SMILES string of the molecule is Cc1ccc(S(=O)(=O)N(CC(=O)Nc2ccc(N3CCCC3=O)c(C)c2)c2ccc(C)cc2C)cc1. The third-order valence-electron chi connectivity index (χ3n) is 6.36. The minimum Gasteiger partial charge on any atom is -0.325 e. The quantitative estimate of drug-likeness (QED) is 0.496. The third kappa shape index (κ3) is 5.28.